The summed E-state index contributed by atoms with van der Waals surface area (Å²) in [6.45, 7) is 6.89. The van der Waals surface area contributed by atoms with Gasteiger partial charge < -0.3 is 4.85 Å². The SMILES string of the molecule is [C-]#[N+]CCC(C#N)CCC#N. The molecule has 0 spiro atoms. The number of rotatable bonds is 4. The van der Waals surface area contributed by atoms with Crippen LogP contribution in [-0.4, -0.2) is 6.54 Å². The molecule has 0 rings (SSSR count). The van der Waals surface area contributed by atoms with Crippen LogP contribution in [0.15, 0.2) is 0 Å². The van der Waals surface area contributed by atoms with E-state index < -0.39 is 0 Å². The molecule has 1 atom stereocenters. The minimum Gasteiger partial charge on any atom is -0.317 e. The predicted molar refractivity (Wildman–Crippen MR) is 40.0 cm³/mol. The molecule has 3 heteroatoms. The van der Waals surface area contributed by atoms with E-state index in [9.17, 15) is 0 Å². The molecule has 0 fully saturated rings. The van der Waals surface area contributed by atoms with Gasteiger partial charge in [-0.15, -0.1) is 0 Å². The van der Waals surface area contributed by atoms with Gasteiger partial charge in [0.05, 0.1) is 18.1 Å². The Morgan fingerprint density at radius 2 is 2.09 bits per heavy atom. The van der Waals surface area contributed by atoms with E-state index in [-0.39, 0.29) is 5.92 Å². The van der Waals surface area contributed by atoms with Gasteiger partial charge in [-0.25, -0.2) is 6.57 Å². The van der Waals surface area contributed by atoms with Crippen molar-refractivity contribution in [1.82, 2.24) is 0 Å². The smallest absolute Gasteiger partial charge is 0.215 e. The fourth-order valence-corrected chi connectivity index (χ4v) is 0.733. The van der Waals surface area contributed by atoms with Crippen molar-refractivity contribution in [3.63, 3.8) is 0 Å². The number of nitrogens with zero attached hydrogens (tertiary/aromatic N) is 3. The van der Waals surface area contributed by atoms with E-state index >= 15 is 0 Å². The van der Waals surface area contributed by atoms with Gasteiger partial charge in [0.25, 0.3) is 0 Å². The average Bonchev–Trinajstić information content (AvgIpc) is 2.05. The van der Waals surface area contributed by atoms with Gasteiger partial charge in [0.15, 0.2) is 0 Å². The molecule has 0 radical (unpaired) electrons. The van der Waals surface area contributed by atoms with Crippen LogP contribution in [0.3, 0.4) is 0 Å². The fraction of sp³-hybridized carbons (Fsp3) is 0.625. The largest absolute Gasteiger partial charge is 0.317 e. The summed E-state index contributed by atoms with van der Waals surface area (Å²) in [4.78, 5) is 3.15. The second-order valence-electron chi connectivity index (χ2n) is 2.19. The summed E-state index contributed by atoms with van der Waals surface area (Å²) in [5, 5.41) is 16.7. The van der Waals surface area contributed by atoms with Crippen LogP contribution in [0.25, 0.3) is 4.85 Å². The first kappa shape index (κ1) is 9.47. The lowest BCUT2D eigenvalue weighted by atomic mass is 10.0. The van der Waals surface area contributed by atoms with Crippen LogP contribution in [0.5, 0.6) is 0 Å². The summed E-state index contributed by atoms with van der Waals surface area (Å²) in [6.07, 6.45) is 1.61. The molecular weight excluding hydrogens is 138 g/mol. The summed E-state index contributed by atoms with van der Waals surface area (Å²) in [6, 6.07) is 4.06. The van der Waals surface area contributed by atoms with Gasteiger partial charge in [0.2, 0.25) is 6.54 Å². The Morgan fingerprint density at radius 1 is 1.36 bits per heavy atom. The zero-order chi connectivity index (χ0) is 8.53. The molecule has 0 saturated heterocycles. The van der Waals surface area contributed by atoms with E-state index in [1.165, 1.54) is 0 Å². The first-order chi connectivity index (χ1) is 5.35. The maximum absolute atomic E-state index is 8.52. The lowest BCUT2D eigenvalue weighted by Crippen LogP contribution is -1.97. The van der Waals surface area contributed by atoms with E-state index in [4.69, 9.17) is 17.1 Å². The van der Waals surface area contributed by atoms with Crippen molar-refractivity contribution in [2.75, 3.05) is 6.54 Å². The molecule has 0 aliphatic heterocycles. The first-order valence-corrected chi connectivity index (χ1v) is 3.45. The Hall–Kier alpha value is -1.53. The Morgan fingerprint density at radius 3 is 2.55 bits per heavy atom. The van der Waals surface area contributed by atoms with E-state index in [0.29, 0.717) is 25.8 Å². The van der Waals surface area contributed by atoms with Crippen molar-refractivity contribution in [1.29, 1.82) is 10.5 Å². The maximum Gasteiger partial charge on any atom is 0.215 e. The Bertz CT molecular complexity index is 195. The van der Waals surface area contributed by atoms with Crippen LogP contribution in [0, 0.1) is 35.2 Å². The highest BCUT2D eigenvalue weighted by Gasteiger charge is 2.07. The zero-order valence-corrected chi connectivity index (χ0v) is 6.25. The van der Waals surface area contributed by atoms with Gasteiger partial charge in [0.1, 0.15) is 0 Å². The van der Waals surface area contributed by atoms with Crippen LogP contribution >= 0.6 is 0 Å². The van der Waals surface area contributed by atoms with Crippen molar-refractivity contribution < 1.29 is 0 Å². The van der Waals surface area contributed by atoms with E-state index in [0.717, 1.165) is 0 Å². The standard InChI is InChI=1S/C8H9N3/c1-11-6-4-8(7-10)3-2-5-9/h8H,2-4,6H2. The van der Waals surface area contributed by atoms with Crippen LogP contribution in [0.4, 0.5) is 0 Å². The third-order valence-corrected chi connectivity index (χ3v) is 1.38. The monoisotopic (exact) mass is 147 g/mol. The van der Waals surface area contributed by atoms with E-state index in [2.05, 4.69) is 10.9 Å². The summed E-state index contributed by atoms with van der Waals surface area (Å²) < 4.78 is 0. The lowest BCUT2D eigenvalue weighted by molar-refractivity contribution is 0.587. The molecule has 0 aromatic heterocycles. The predicted octanol–water partition coefficient (Wildman–Crippen LogP) is 1.74. The molecule has 3 nitrogen and oxygen atoms in total. The summed E-state index contributed by atoms with van der Waals surface area (Å²) in [5.74, 6) is -0.108. The zero-order valence-electron chi connectivity index (χ0n) is 6.25. The van der Waals surface area contributed by atoms with Crippen molar-refractivity contribution in [3.8, 4) is 12.1 Å². The third kappa shape index (κ3) is 4.94. The van der Waals surface area contributed by atoms with Crippen LogP contribution in [0.1, 0.15) is 19.3 Å². The Balaban J connectivity index is 3.55. The maximum atomic E-state index is 8.52. The Kier molecular flexibility index (Phi) is 5.67. The van der Waals surface area contributed by atoms with Crippen molar-refractivity contribution in [2.24, 2.45) is 5.92 Å². The van der Waals surface area contributed by atoms with Crippen molar-refractivity contribution >= 4 is 0 Å². The summed E-state index contributed by atoms with van der Waals surface area (Å²) in [7, 11) is 0. The number of hydrogen-bond donors (Lipinski definition) is 0. The van der Waals surface area contributed by atoms with Crippen LogP contribution < -0.4 is 0 Å². The highest BCUT2D eigenvalue weighted by atomic mass is 14.6. The third-order valence-electron chi connectivity index (χ3n) is 1.38. The van der Waals surface area contributed by atoms with Crippen LogP contribution in [0.2, 0.25) is 0 Å². The van der Waals surface area contributed by atoms with Gasteiger partial charge in [-0.1, -0.05) is 0 Å². The van der Waals surface area contributed by atoms with Crippen LogP contribution in [-0.2, 0) is 0 Å². The quantitative estimate of drug-likeness (QED) is 0.568. The van der Waals surface area contributed by atoms with Gasteiger partial charge in [-0.2, -0.15) is 10.5 Å². The Labute approximate surface area is 66.7 Å². The molecule has 0 aromatic carbocycles. The van der Waals surface area contributed by atoms with Gasteiger partial charge >= 0.3 is 0 Å². The van der Waals surface area contributed by atoms with Crippen molar-refractivity contribution in [2.45, 2.75) is 19.3 Å². The topological polar surface area (TPSA) is 51.9 Å². The molecule has 0 aliphatic rings. The molecule has 11 heavy (non-hydrogen) atoms. The molecule has 1 unspecified atom stereocenters. The van der Waals surface area contributed by atoms with E-state index in [1.807, 2.05) is 6.07 Å². The minimum absolute atomic E-state index is 0.108. The lowest BCUT2D eigenvalue weighted by Gasteiger charge is -1.99. The van der Waals surface area contributed by atoms with Gasteiger partial charge in [0, 0.05) is 12.8 Å². The molecule has 0 bridgehead atoms. The molecule has 56 valence electrons. The van der Waals surface area contributed by atoms with Gasteiger partial charge in [-0.3, -0.25) is 0 Å². The molecule has 0 saturated carbocycles. The average molecular weight is 147 g/mol. The normalized spacial score (nSPS) is 10.6. The van der Waals surface area contributed by atoms with Gasteiger partial charge in [-0.05, 0) is 6.42 Å². The summed E-state index contributed by atoms with van der Waals surface area (Å²) in [5.41, 5.74) is 0. The second-order valence-corrected chi connectivity index (χ2v) is 2.19. The molecule has 0 aromatic rings. The molecule has 0 N–H and O–H groups in total. The molecule has 0 heterocycles. The molecular formula is C8H9N3. The molecule has 0 amide bonds. The highest BCUT2D eigenvalue weighted by molar-refractivity contribution is 4.87. The highest BCUT2D eigenvalue weighted by Crippen LogP contribution is 2.09. The molecule has 0 aliphatic carbocycles. The number of hydrogen-bond acceptors (Lipinski definition) is 2. The first-order valence-electron chi connectivity index (χ1n) is 3.45. The van der Waals surface area contributed by atoms with Crippen molar-refractivity contribution in [3.05, 3.63) is 11.4 Å². The second kappa shape index (κ2) is 6.59. The fourth-order valence-electron chi connectivity index (χ4n) is 0.733. The minimum atomic E-state index is -0.108. The van der Waals surface area contributed by atoms with E-state index in [1.54, 1.807) is 0 Å². The number of nitriles is 2. The summed E-state index contributed by atoms with van der Waals surface area (Å²) >= 11 is 0.